The van der Waals surface area contributed by atoms with Crippen molar-refractivity contribution in [3.8, 4) is 5.69 Å². The second kappa shape index (κ2) is 8.31. The molecule has 1 amide bonds. The number of hydrogen-bond donors (Lipinski definition) is 0. The number of aromatic nitrogens is 3. The summed E-state index contributed by atoms with van der Waals surface area (Å²) < 4.78 is 8.33. The summed E-state index contributed by atoms with van der Waals surface area (Å²) in [6.45, 7) is 4.34. The molecule has 1 saturated heterocycles. The van der Waals surface area contributed by atoms with E-state index in [9.17, 15) is 9.59 Å². The van der Waals surface area contributed by atoms with Gasteiger partial charge in [-0.05, 0) is 31.9 Å². The number of rotatable bonds is 6. The number of benzene rings is 1. The first-order valence-corrected chi connectivity index (χ1v) is 9.18. The second-order valence-electron chi connectivity index (χ2n) is 6.56. The minimum Gasteiger partial charge on any atom is -0.381 e. The van der Waals surface area contributed by atoms with E-state index in [-0.39, 0.29) is 17.5 Å². The van der Waals surface area contributed by atoms with E-state index in [1.165, 1.54) is 4.68 Å². The molecule has 2 aromatic rings. The van der Waals surface area contributed by atoms with Crippen LogP contribution in [0.2, 0.25) is 0 Å². The van der Waals surface area contributed by atoms with Gasteiger partial charge in [0.25, 0.3) is 0 Å². The smallest absolute Gasteiger partial charge is 0.350 e. The molecule has 1 aliphatic heterocycles. The summed E-state index contributed by atoms with van der Waals surface area (Å²) in [7, 11) is 1.67. The second-order valence-corrected chi connectivity index (χ2v) is 6.56. The van der Waals surface area contributed by atoms with Crippen LogP contribution >= 0.6 is 0 Å². The average Bonchev–Trinajstić information content (AvgIpc) is 2.97. The van der Waals surface area contributed by atoms with Gasteiger partial charge in [0, 0.05) is 32.7 Å². The number of ether oxygens (including phenoxy) is 1. The van der Waals surface area contributed by atoms with Crippen LogP contribution in [0.1, 0.15) is 37.9 Å². The van der Waals surface area contributed by atoms with E-state index < -0.39 is 0 Å². The van der Waals surface area contributed by atoms with Crippen molar-refractivity contribution in [2.75, 3.05) is 26.3 Å². The lowest BCUT2D eigenvalue weighted by Gasteiger charge is -2.32. The van der Waals surface area contributed by atoms with Crippen LogP contribution in [0, 0.1) is 0 Å². The number of likely N-dealkylation sites (tertiary alicyclic amines) is 1. The molecule has 1 aliphatic rings. The van der Waals surface area contributed by atoms with E-state index in [0.717, 1.165) is 30.9 Å². The Balaban J connectivity index is 1.82. The Morgan fingerprint density at radius 2 is 2.08 bits per heavy atom. The maximum Gasteiger partial charge on any atom is 0.350 e. The van der Waals surface area contributed by atoms with Crippen LogP contribution in [0.5, 0.6) is 0 Å². The Bertz CT molecular complexity index is 797. The minimum atomic E-state index is -0.161. The van der Waals surface area contributed by atoms with Crippen LogP contribution in [0.25, 0.3) is 5.69 Å². The fraction of sp³-hybridized carbons (Fsp3) is 0.526. The highest BCUT2D eigenvalue weighted by molar-refractivity contribution is 5.76. The summed E-state index contributed by atoms with van der Waals surface area (Å²) in [5.41, 5.74) is 0.645. The fourth-order valence-electron chi connectivity index (χ4n) is 3.44. The van der Waals surface area contributed by atoms with Crippen LogP contribution in [0.15, 0.2) is 35.1 Å². The van der Waals surface area contributed by atoms with Gasteiger partial charge < -0.3 is 9.64 Å². The first kappa shape index (κ1) is 18.4. The lowest BCUT2D eigenvalue weighted by molar-refractivity contribution is -0.133. The zero-order valence-corrected chi connectivity index (χ0v) is 15.4. The average molecular weight is 358 g/mol. The van der Waals surface area contributed by atoms with E-state index in [4.69, 9.17) is 4.74 Å². The molecule has 0 N–H and O–H groups in total. The number of hydrogen-bond acceptors (Lipinski definition) is 4. The highest BCUT2D eigenvalue weighted by Crippen LogP contribution is 2.26. The fourth-order valence-corrected chi connectivity index (χ4v) is 3.44. The van der Waals surface area contributed by atoms with Crippen molar-refractivity contribution in [3.63, 3.8) is 0 Å². The number of aryl methyl sites for hydroxylation is 1. The molecule has 7 heteroatoms. The topological polar surface area (TPSA) is 69.4 Å². The number of nitrogens with zero attached hydrogens (tertiary/aromatic N) is 4. The van der Waals surface area contributed by atoms with Crippen LogP contribution in [0.4, 0.5) is 0 Å². The molecule has 1 fully saturated rings. The number of carbonyl (C=O) groups is 1. The van der Waals surface area contributed by atoms with E-state index in [1.54, 1.807) is 11.6 Å². The third-order valence-corrected chi connectivity index (χ3v) is 4.77. The largest absolute Gasteiger partial charge is 0.381 e. The minimum absolute atomic E-state index is 0.0499. The number of amides is 1. The Kier molecular flexibility index (Phi) is 5.88. The first-order valence-electron chi connectivity index (χ1n) is 9.18. The van der Waals surface area contributed by atoms with Crippen molar-refractivity contribution in [3.05, 3.63) is 46.6 Å². The normalized spacial score (nSPS) is 17.5. The van der Waals surface area contributed by atoms with E-state index in [1.807, 2.05) is 42.2 Å². The van der Waals surface area contributed by atoms with Gasteiger partial charge in [-0.3, -0.25) is 4.79 Å². The maximum atomic E-state index is 12.6. The highest BCUT2D eigenvalue weighted by atomic mass is 16.5. The number of piperidine rings is 1. The Hall–Kier alpha value is -2.41. The predicted molar refractivity (Wildman–Crippen MR) is 98.5 cm³/mol. The maximum absolute atomic E-state index is 12.6. The molecular formula is C19H26N4O3. The van der Waals surface area contributed by atoms with Crippen LogP contribution in [-0.2, 0) is 16.6 Å². The molecule has 7 nitrogen and oxygen atoms in total. The molecule has 1 aromatic carbocycles. The van der Waals surface area contributed by atoms with Crippen LogP contribution in [-0.4, -0.2) is 51.5 Å². The van der Waals surface area contributed by atoms with Crippen molar-refractivity contribution in [1.82, 2.24) is 19.2 Å². The summed E-state index contributed by atoms with van der Waals surface area (Å²) in [6.07, 6.45) is 2.22. The molecule has 140 valence electrons. The number of para-hydroxylation sites is 1. The quantitative estimate of drug-likeness (QED) is 0.737. The first-order chi connectivity index (χ1) is 12.6. The van der Waals surface area contributed by atoms with Gasteiger partial charge in [0.15, 0.2) is 0 Å². The summed E-state index contributed by atoms with van der Waals surface area (Å²) in [5, 5.41) is 4.48. The van der Waals surface area contributed by atoms with Crippen LogP contribution in [0.3, 0.4) is 0 Å². The molecule has 26 heavy (non-hydrogen) atoms. The molecule has 0 aliphatic carbocycles. The molecule has 0 spiro atoms. The SMILES string of the molecule is CCOCCC(=O)N1CCCC(c2nn(C)c(=O)n2-c2ccccc2)C1. The Morgan fingerprint density at radius 3 is 2.81 bits per heavy atom. The standard InChI is InChI=1S/C19H26N4O3/c1-3-26-13-11-17(24)22-12-7-8-15(14-22)18-20-21(2)19(25)23(18)16-9-5-4-6-10-16/h4-6,9-10,15H,3,7-8,11-14H2,1-2H3. The van der Waals surface area contributed by atoms with Crippen LogP contribution < -0.4 is 5.69 Å². The third-order valence-electron chi connectivity index (χ3n) is 4.77. The summed E-state index contributed by atoms with van der Waals surface area (Å²) in [6, 6.07) is 9.54. The predicted octanol–water partition coefficient (Wildman–Crippen LogP) is 1.70. The van der Waals surface area contributed by atoms with Gasteiger partial charge in [0.05, 0.1) is 18.7 Å². The molecule has 0 bridgehead atoms. The van der Waals surface area contributed by atoms with Gasteiger partial charge in [-0.2, -0.15) is 5.10 Å². The van der Waals surface area contributed by atoms with Crippen molar-refractivity contribution in [2.24, 2.45) is 7.05 Å². The van der Waals surface area contributed by atoms with Gasteiger partial charge >= 0.3 is 5.69 Å². The zero-order valence-electron chi connectivity index (χ0n) is 15.4. The van der Waals surface area contributed by atoms with Crippen molar-refractivity contribution in [1.29, 1.82) is 0 Å². The zero-order chi connectivity index (χ0) is 18.5. The third kappa shape index (κ3) is 3.88. The van der Waals surface area contributed by atoms with Gasteiger partial charge in [-0.1, -0.05) is 18.2 Å². The Labute approximate surface area is 153 Å². The summed E-state index contributed by atoms with van der Waals surface area (Å²) >= 11 is 0. The van der Waals surface area contributed by atoms with E-state index in [2.05, 4.69) is 5.10 Å². The molecular weight excluding hydrogens is 332 g/mol. The lowest BCUT2D eigenvalue weighted by Crippen LogP contribution is -2.40. The van der Waals surface area contributed by atoms with Gasteiger partial charge in [-0.25, -0.2) is 14.0 Å². The lowest BCUT2D eigenvalue weighted by atomic mass is 9.96. The molecule has 0 radical (unpaired) electrons. The number of carbonyl (C=O) groups excluding carboxylic acids is 1. The van der Waals surface area contributed by atoms with E-state index in [0.29, 0.717) is 26.2 Å². The molecule has 1 aromatic heterocycles. The van der Waals surface area contributed by atoms with E-state index >= 15 is 0 Å². The van der Waals surface area contributed by atoms with Gasteiger partial charge in [0.1, 0.15) is 5.82 Å². The van der Waals surface area contributed by atoms with Crippen molar-refractivity contribution < 1.29 is 9.53 Å². The van der Waals surface area contributed by atoms with Crippen molar-refractivity contribution in [2.45, 2.75) is 32.1 Å². The molecule has 1 atom stereocenters. The van der Waals surface area contributed by atoms with Gasteiger partial charge in [0.2, 0.25) is 5.91 Å². The molecule has 2 heterocycles. The monoisotopic (exact) mass is 358 g/mol. The summed E-state index contributed by atoms with van der Waals surface area (Å²) in [4.78, 5) is 26.9. The highest BCUT2D eigenvalue weighted by Gasteiger charge is 2.29. The Morgan fingerprint density at radius 1 is 1.31 bits per heavy atom. The molecule has 3 rings (SSSR count). The van der Waals surface area contributed by atoms with Gasteiger partial charge in [-0.15, -0.1) is 0 Å². The summed E-state index contributed by atoms with van der Waals surface area (Å²) in [5.74, 6) is 0.882. The van der Waals surface area contributed by atoms with Crippen molar-refractivity contribution >= 4 is 5.91 Å². The molecule has 1 unspecified atom stereocenters. The molecule has 0 saturated carbocycles.